The number of carboxylic acid groups (broad SMARTS) is 1. The summed E-state index contributed by atoms with van der Waals surface area (Å²) in [6, 6.07) is 4.75. The molecule has 5 nitrogen and oxygen atoms in total. The fourth-order valence-electron chi connectivity index (χ4n) is 2.47. The first kappa shape index (κ1) is 14.0. The molecule has 0 bridgehead atoms. The number of hydrogen-bond acceptors (Lipinski definition) is 3. The summed E-state index contributed by atoms with van der Waals surface area (Å²) in [5.74, 6) is -1.02. The van der Waals surface area contributed by atoms with Gasteiger partial charge in [-0.15, -0.1) is 0 Å². The molecule has 0 amide bonds. The zero-order chi connectivity index (χ0) is 14.9. The van der Waals surface area contributed by atoms with Gasteiger partial charge in [-0.05, 0) is 38.0 Å². The largest absolute Gasteiger partial charge is 0.478 e. The van der Waals surface area contributed by atoms with Gasteiger partial charge < -0.3 is 9.67 Å². The van der Waals surface area contributed by atoms with E-state index in [9.17, 15) is 14.7 Å². The van der Waals surface area contributed by atoms with E-state index in [1.165, 1.54) is 10.6 Å². The zero-order valence-corrected chi connectivity index (χ0v) is 11.6. The van der Waals surface area contributed by atoms with E-state index in [1.807, 2.05) is 13.0 Å². The van der Waals surface area contributed by atoms with E-state index in [4.69, 9.17) is 0 Å². The summed E-state index contributed by atoms with van der Waals surface area (Å²) in [5.41, 5.74) is 1.77. The van der Waals surface area contributed by atoms with Crippen LogP contribution in [0.1, 0.15) is 40.1 Å². The van der Waals surface area contributed by atoms with Crippen LogP contribution in [-0.2, 0) is 0 Å². The Morgan fingerprint density at radius 1 is 1.40 bits per heavy atom. The molecule has 1 unspecified atom stereocenters. The molecule has 0 aliphatic heterocycles. The second-order valence-electron chi connectivity index (χ2n) is 4.76. The predicted molar refractivity (Wildman–Crippen MR) is 75.2 cm³/mol. The van der Waals surface area contributed by atoms with Gasteiger partial charge in [0, 0.05) is 24.2 Å². The lowest BCUT2D eigenvalue weighted by Gasteiger charge is -2.20. The van der Waals surface area contributed by atoms with E-state index in [0.717, 1.165) is 5.56 Å². The first-order valence-corrected chi connectivity index (χ1v) is 6.29. The highest BCUT2D eigenvalue weighted by Gasteiger charge is 2.19. The zero-order valence-electron chi connectivity index (χ0n) is 11.6. The van der Waals surface area contributed by atoms with Crippen molar-refractivity contribution in [1.29, 1.82) is 0 Å². The first-order valence-electron chi connectivity index (χ1n) is 6.29. The fraction of sp³-hybridized carbons (Fsp3) is 0.267. The normalized spacial score (nSPS) is 12.2. The van der Waals surface area contributed by atoms with Gasteiger partial charge in [-0.25, -0.2) is 4.79 Å². The highest BCUT2D eigenvalue weighted by molar-refractivity contribution is 5.90. The molecular weight excluding hydrogens is 256 g/mol. The van der Waals surface area contributed by atoms with E-state index >= 15 is 0 Å². The van der Waals surface area contributed by atoms with Crippen molar-refractivity contribution >= 4 is 5.97 Å². The van der Waals surface area contributed by atoms with Crippen molar-refractivity contribution in [3.05, 3.63) is 63.3 Å². The minimum Gasteiger partial charge on any atom is -0.478 e. The topological polar surface area (TPSA) is 72.2 Å². The third-order valence-electron chi connectivity index (χ3n) is 3.46. The van der Waals surface area contributed by atoms with Crippen molar-refractivity contribution < 1.29 is 9.90 Å². The molecule has 2 heterocycles. The van der Waals surface area contributed by atoms with Crippen LogP contribution in [0.3, 0.4) is 0 Å². The SMILES string of the molecule is Cc1cc(=O)n(C(C)c2cccnc2)c(C)c1C(=O)O. The molecule has 1 atom stereocenters. The van der Waals surface area contributed by atoms with E-state index in [0.29, 0.717) is 11.3 Å². The third kappa shape index (κ3) is 2.34. The molecule has 0 fully saturated rings. The molecule has 0 radical (unpaired) electrons. The quantitative estimate of drug-likeness (QED) is 0.929. The molecule has 0 saturated heterocycles. The molecule has 0 aromatic carbocycles. The van der Waals surface area contributed by atoms with Gasteiger partial charge in [0.05, 0.1) is 11.6 Å². The number of nitrogens with zero attached hydrogens (tertiary/aromatic N) is 2. The first-order chi connectivity index (χ1) is 9.43. The Morgan fingerprint density at radius 3 is 2.65 bits per heavy atom. The number of hydrogen-bond donors (Lipinski definition) is 1. The van der Waals surface area contributed by atoms with Crippen LogP contribution in [0, 0.1) is 13.8 Å². The van der Waals surface area contributed by atoms with Crippen molar-refractivity contribution in [1.82, 2.24) is 9.55 Å². The molecule has 5 heteroatoms. The Kier molecular flexibility index (Phi) is 3.70. The van der Waals surface area contributed by atoms with Crippen molar-refractivity contribution in [2.45, 2.75) is 26.8 Å². The van der Waals surface area contributed by atoms with Crippen LogP contribution in [0.25, 0.3) is 0 Å². The summed E-state index contributed by atoms with van der Waals surface area (Å²) in [7, 11) is 0. The summed E-state index contributed by atoms with van der Waals surface area (Å²) in [6.07, 6.45) is 3.33. The monoisotopic (exact) mass is 272 g/mol. The third-order valence-corrected chi connectivity index (χ3v) is 3.46. The van der Waals surface area contributed by atoms with Gasteiger partial charge in [0.2, 0.25) is 0 Å². The summed E-state index contributed by atoms with van der Waals surface area (Å²) >= 11 is 0. The van der Waals surface area contributed by atoms with Gasteiger partial charge >= 0.3 is 5.97 Å². The summed E-state index contributed by atoms with van der Waals surface area (Å²) < 4.78 is 1.49. The molecule has 0 aliphatic carbocycles. The number of aromatic nitrogens is 2. The molecule has 20 heavy (non-hydrogen) atoms. The van der Waals surface area contributed by atoms with Gasteiger partial charge in [0.25, 0.3) is 5.56 Å². The molecular formula is C15H16N2O3. The van der Waals surface area contributed by atoms with Crippen LogP contribution in [0.5, 0.6) is 0 Å². The number of aryl methyl sites for hydroxylation is 1. The van der Waals surface area contributed by atoms with E-state index in [-0.39, 0.29) is 17.2 Å². The molecule has 1 N–H and O–H groups in total. The molecule has 0 saturated carbocycles. The average Bonchev–Trinajstić information content (AvgIpc) is 2.38. The summed E-state index contributed by atoms with van der Waals surface area (Å²) in [6.45, 7) is 5.15. The van der Waals surface area contributed by atoms with Crippen LogP contribution in [-0.4, -0.2) is 20.6 Å². The Bertz CT molecular complexity index is 705. The lowest BCUT2D eigenvalue weighted by Crippen LogP contribution is -2.28. The number of carbonyl (C=O) groups is 1. The van der Waals surface area contributed by atoms with Crippen LogP contribution in [0.15, 0.2) is 35.4 Å². The van der Waals surface area contributed by atoms with Crippen molar-refractivity contribution in [3.63, 3.8) is 0 Å². The Balaban J connectivity index is 2.66. The molecule has 2 aromatic heterocycles. The number of carboxylic acids is 1. The number of rotatable bonds is 3. The van der Waals surface area contributed by atoms with Gasteiger partial charge in [0.15, 0.2) is 0 Å². The Labute approximate surface area is 116 Å². The predicted octanol–water partition coefficient (Wildman–Crippen LogP) is 2.17. The van der Waals surface area contributed by atoms with Gasteiger partial charge in [-0.2, -0.15) is 0 Å². The van der Waals surface area contributed by atoms with Crippen molar-refractivity contribution in [2.24, 2.45) is 0 Å². The maximum atomic E-state index is 12.2. The Morgan fingerprint density at radius 2 is 2.10 bits per heavy atom. The van der Waals surface area contributed by atoms with E-state index in [2.05, 4.69) is 4.98 Å². The van der Waals surface area contributed by atoms with Crippen LogP contribution < -0.4 is 5.56 Å². The molecule has 0 aliphatic rings. The van der Waals surface area contributed by atoms with Gasteiger partial charge in [-0.1, -0.05) is 6.07 Å². The highest BCUT2D eigenvalue weighted by Crippen LogP contribution is 2.20. The summed E-state index contributed by atoms with van der Waals surface area (Å²) in [5, 5.41) is 9.29. The van der Waals surface area contributed by atoms with E-state index in [1.54, 1.807) is 32.3 Å². The fourth-order valence-corrected chi connectivity index (χ4v) is 2.47. The maximum Gasteiger partial charge on any atom is 0.337 e. The van der Waals surface area contributed by atoms with Crippen LogP contribution in [0.2, 0.25) is 0 Å². The standard InChI is InChI=1S/C15H16N2O3/c1-9-7-13(18)17(11(3)14(9)15(19)20)10(2)12-5-4-6-16-8-12/h4-8,10H,1-3H3,(H,19,20). The van der Waals surface area contributed by atoms with Crippen molar-refractivity contribution in [3.8, 4) is 0 Å². The van der Waals surface area contributed by atoms with Crippen LogP contribution in [0.4, 0.5) is 0 Å². The lowest BCUT2D eigenvalue weighted by molar-refractivity contribution is 0.0694. The lowest BCUT2D eigenvalue weighted by atomic mass is 10.0. The second kappa shape index (κ2) is 5.28. The molecule has 2 aromatic rings. The van der Waals surface area contributed by atoms with Crippen LogP contribution >= 0.6 is 0 Å². The minimum absolute atomic E-state index is 0.181. The maximum absolute atomic E-state index is 12.2. The Hall–Kier alpha value is -2.43. The summed E-state index contributed by atoms with van der Waals surface area (Å²) in [4.78, 5) is 27.6. The van der Waals surface area contributed by atoms with Crippen molar-refractivity contribution in [2.75, 3.05) is 0 Å². The molecule has 104 valence electrons. The van der Waals surface area contributed by atoms with Gasteiger partial charge in [-0.3, -0.25) is 9.78 Å². The second-order valence-corrected chi connectivity index (χ2v) is 4.76. The number of aromatic carboxylic acids is 1. The van der Waals surface area contributed by atoms with E-state index < -0.39 is 5.97 Å². The van der Waals surface area contributed by atoms with Gasteiger partial charge in [0.1, 0.15) is 0 Å². The molecule has 2 rings (SSSR count). The minimum atomic E-state index is -1.02. The number of pyridine rings is 2. The molecule has 0 spiro atoms. The smallest absolute Gasteiger partial charge is 0.337 e. The highest BCUT2D eigenvalue weighted by atomic mass is 16.4. The average molecular weight is 272 g/mol.